The number of anilines is 2. The standard InChI is InChI=1S/C21H21ClN4O4/c1-12-16(23-10-9-17(12)28-3)11-30-15-7-5-14(6-8-15)25-20-18(21(27)29-4)26-19(22)13(2)24-20/h5-10H,11H2,1-4H3,(H,24,25). The van der Waals surface area contributed by atoms with Crippen LogP contribution in [-0.2, 0) is 11.3 Å². The number of ether oxygens (including phenoxy) is 3. The molecule has 0 saturated heterocycles. The molecule has 8 nitrogen and oxygen atoms in total. The predicted molar refractivity (Wildman–Crippen MR) is 113 cm³/mol. The molecule has 0 atom stereocenters. The molecule has 0 saturated carbocycles. The molecular weight excluding hydrogens is 408 g/mol. The van der Waals surface area contributed by atoms with E-state index in [1.54, 1.807) is 44.5 Å². The van der Waals surface area contributed by atoms with E-state index >= 15 is 0 Å². The van der Waals surface area contributed by atoms with Gasteiger partial charge < -0.3 is 19.5 Å². The molecule has 0 aliphatic heterocycles. The molecule has 9 heteroatoms. The van der Waals surface area contributed by atoms with Crippen LogP contribution in [0.25, 0.3) is 0 Å². The molecule has 2 aromatic heterocycles. The lowest BCUT2D eigenvalue weighted by molar-refractivity contribution is 0.0595. The van der Waals surface area contributed by atoms with Crippen LogP contribution >= 0.6 is 11.6 Å². The first-order chi connectivity index (χ1) is 14.4. The summed E-state index contributed by atoms with van der Waals surface area (Å²) in [6.07, 6.45) is 1.69. The lowest BCUT2D eigenvalue weighted by Crippen LogP contribution is -2.11. The first kappa shape index (κ1) is 21.3. The van der Waals surface area contributed by atoms with Gasteiger partial charge in [0.25, 0.3) is 0 Å². The fourth-order valence-corrected chi connectivity index (χ4v) is 2.80. The van der Waals surface area contributed by atoms with Gasteiger partial charge in [-0.2, -0.15) is 0 Å². The van der Waals surface area contributed by atoms with E-state index in [0.717, 1.165) is 17.0 Å². The number of esters is 1. The number of carbonyl (C=O) groups excluding carboxylic acids is 1. The minimum atomic E-state index is -0.631. The molecule has 3 aromatic rings. The Morgan fingerprint density at radius 3 is 2.50 bits per heavy atom. The molecule has 0 aliphatic rings. The van der Waals surface area contributed by atoms with E-state index in [4.69, 9.17) is 25.8 Å². The molecule has 2 heterocycles. The maximum Gasteiger partial charge on any atom is 0.360 e. The van der Waals surface area contributed by atoms with Crippen LogP contribution in [0.1, 0.15) is 27.4 Å². The summed E-state index contributed by atoms with van der Waals surface area (Å²) in [5.41, 5.74) is 2.93. The second-order valence-electron chi connectivity index (χ2n) is 6.31. The molecule has 0 amide bonds. The van der Waals surface area contributed by atoms with E-state index in [9.17, 15) is 4.79 Å². The highest BCUT2D eigenvalue weighted by atomic mass is 35.5. The molecule has 156 valence electrons. The third-order valence-electron chi connectivity index (χ3n) is 4.36. The van der Waals surface area contributed by atoms with Gasteiger partial charge in [0.05, 0.1) is 25.6 Å². The molecule has 0 unspecified atom stereocenters. The number of hydrogen-bond donors (Lipinski definition) is 1. The molecule has 30 heavy (non-hydrogen) atoms. The molecule has 0 radical (unpaired) electrons. The zero-order valence-corrected chi connectivity index (χ0v) is 17.8. The molecule has 0 spiro atoms. The lowest BCUT2D eigenvalue weighted by atomic mass is 10.2. The van der Waals surface area contributed by atoms with Gasteiger partial charge in [-0.1, -0.05) is 11.6 Å². The van der Waals surface area contributed by atoms with Crippen LogP contribution in [0.2, 0.25) is 5.15 Å². The van der Waals surface area contributed by atoms with E-state index in [2.05, 4.69) is 20.3 Å². The van der Waals surface area contributed by atoms with Crippen LogP contribution in [0.5, 0.6) is 11.5 Å². The van der Waals surface area contributed by atoms with Gasteiger partial charge in [-0.05, 0) is 44.2 Å². The number of nitrogens with zero attached hydrogens (tertiary/aromatic N) is 3. The molecule has 1 N–H and O–H groups in total. The van der Waals surface area contributed by atoms with Gasteiger partial charge in [0, 0.05) is 17.4 Å². The molecule has 0 aliphatic carbocycles. The van der Waals surface area contributed by atoms with Crippen LogP contribution in [0.15, 0.2) is 36.5 Å². The minimum absolute atomic E-state index is 0.00741. The summed E-state index contributed by atoms with van der Waals surface area (Å²) < 4.78 is 15.9. The highest BCUT2D eigenvalue weighted by molar-refractivity contribution is 6.30. The van der Waals surface area contributed by atoms with Crippen molar-refractivity contribution in [2.45, 2.75) is 20.5 Å². The van der Waals surface area contributed by atoms with Crippen LogP contribution in [-0.4, -0.2) is 35.1 Å². The van der Waals surface area contributed by atoms with Crippen molar-refractivity contribution in [3.8, 4) is 11.5 Å². The summed E-state index contributed by atoms with van der Waals surface area (Å²) in [5, 5.41) is 3.21. The predicted octanol–water partition coefficient (Wildman–Crippen LogP) is 4.26. The van der Waals surface area contributed by atoms with E-state index in [1.807, 2.05) is 13.0 Å². The Balaban J connectivity index is 1.73. The van der Waals surface area contributed by atoms with Crippen molar-refractivity contribution < 1.29 is 19.0 Å². The summed E-state index contributed by atoms with van der Waals surface area (Å²) in [5.74, 6) is 1.06. The summed E-state index contributed by atoms with van der Waals surface area (Å²) in [6, 6.07) is 9.00. The fourth-order valence-electron chi connectivity index (χ4n) is 2.67. The second-order valence-corrected chi connectivity index (χ2v) is 6.67. The number of pyridine rings is 1. The minimum Gasteiger partial charge on any atom is -0.496 e. The first-order valence-electron chi connectivity index (χ1n) is 9.03. The van der Waals surface area contributed by atoms with Crippen LogP contribution in [0.3, 0.4) is 0 Å². The number of aromatic nitrogens is 3. The number of carbonyl (C=O) groups is 1. The highest BCUT2D eigenvalue weighted by Gasteiger charge is 2.18. The zero-order chi connectivity index (χ0) is 21.7. The average Bonchev–Trinajstić information content (AvgIpc) is 2.76. The Morgan fingerprint density at radius 1 is 1.10 bits per heavy atom. The quantitative estimate of drug-likeness (QED) is 0.557. The molecule has 0 bridgehead atoms. The third kappa shape index (κ3) is 4.77. The molecule has 1 aromatic carbocycles. The number of methoxy groups -OCH3 is 2. The van der Waals surface area contributed by atoms with Crippen molar-refractivity contribution in [3.63, 3.8) is 0 Å². The average molecular weight is 429 g/mol. The van der Waals surface area contributed by atoms with Gasteiger partial charge in [-0.25, -0.2) is 14.8 Å². The zero-order valence-electron chi connectivity index (χ0n) is 17.0. The summed E-state index contributed by atoms with van der Waals surface area (Å²) in [4.78, 5) is 24.7. The number of halogens is 1. The van der Waals surface area contributed by atoms with Gasteiger partial charge in [-0.15, -0.1) is 0 Å². The van der Waals surface area contributed by atoms with Crippen molar-refractivity contribution in [2.75, 3.05) is 19.5 Å². The van der Waals surface area contributed by atoms with E-state index < -0.39 is 5.97 Å². The molecular formula is C21H21ClN4O4. The van der Waals surface area contributed by atoms with Crippen molar-refractivity contribution in [3.05, 3.63) is 64.3 Å². The first-order valence-corrected chi connectivity index (χ1v) is 9.41. The lowest BCUT2D eigenvalue weighted by Gasteiger charge is -2.12. The van der Waals surface area contributed by atoms with Crippen molar-refractivity contribution >= 4 is 29.1 Å². The summed E-state index contributed by atoms with van der Waals surface area (Å²) >= 11 is 5.99. The van der Waals surface area contributed by atoms with Crippen LogP contribution in [0.4, 0.5) is 11.5 Å². The van der Waals surface area contributed by atoms with Crippen molar-refractivity contribution in [1.82, 2.24) is 15.0 Å². The van der Waals surface area contributed by atoms with E-state index in [1.165, 1.54) is 7.11 Å². The summed E-state index contributed by atoms with van der Waals surface area (Å²) in [6.45, 7) is 3.95. The third-order valence-corrected chi connectivity index (χ3v) is 4.72. The van der Waals surface area contributed by atoms with Gasteiger partial charge in [0.2, 0.25) is 0 Å². The van der Waals surface area contributed by atoms with Crippen molar-refractivity contribution in [2.24, 2.45) is 0 Å². The monoisotopic (exact) mass is 428 g/mol. The van der Waals surface area contributed by atoms with Crippen LogP contribution < -0.4 is 14.8 Å². The smallest absolute Gasteiger partial charge is 0.360 e. The number of benzene rings is 1. The van der Waals surface area contributed by atoms with Crippen LogP contribution in [0, 0.1) is 13.8 Å². The highest BCUT2D eigenvalue weighted by Crippen LogP contribution is 2.25. The summed E-state index contributed by atoms with van der Waals surface area (Å²) in [7, 11) is 2.89. The topological polar surface area (TPSA) is 95.5 Å². The number of hydrogen-bond acceptors (Lipinski definition) is 8. The van der Waals surface area contributed by atoms with E-state index in [0.29, 0.717) is 23.7 Å². The van der Waals surface area contributed by atoms with Gasteiger partial charge in [0.15, 0.2) is 16.7 Å². The maximum atomic E-state index is 12.0. The fraction of sp³-hybridized carbons (Fsp3) is 0.238. The SMILES string of the molecule is COC(=O)c1nc(Cl)c(C)nc1Nc1ccc(OCc2nccc(OC)c2C)cc1. The van der Waals surface area contributed by atoms with Gasteiger partial charge in [0.1, 0.15) is 18.1 Å². The molecule has 0 fully saturated rings. The Bertz CT molecular complexity index is 1060. The number of aryl methyl sites for hydroxylation is 1. The largest absolute Gasteiger partial charge is 0.496 e. The van der Waals surface area contributed by atoms with Crippen molar-refractivity contribution in [1.29, 1.82) is 0 Å². The van der Waals surface area contributed by atoms with Gasteiger partial charge in [-0.3, -0.25) is 4.98 Å². The molecule has 3 rings (SSSR count). The second kappa shape index (κ2) is 9.41. The number of nitrogens with one attached hydrogen (secondary N) is 1. The normalized spacial score (nSPS) is 10.4. The maximum absolute atomic E-state index is 12.0. The Morgan fingerprint density at radius 2 is 1.83 bits per heavy atom. The van der Waals surface area contributed by atoms with Gasteiger partial charge >= 0.3 is 5.97 Å². The Hall–Kier alpha value is -3.39. The Labute approximate surface area is 179 Å². The van der Waals surface area contributed by atoms with E-state index in [-0.39, 0.29) is 16.7 Å². The Kier molecular flexibility index (Phi) is 6.68. The number of rotatable bonds is 7.